The van der Waals surface area contributed by atoms with Gasteiger partial charge >= 0.3 is 0 Å². The normalized spacial score (nSPS) is 14.2. The van der Waals surface area contributed by atoms with E-state index in [1.165, 1.54) is 12.4 Å². The highest BCUT2D eigenvalue weighted by molar-refractivity contribution is 5.76. The molecule has 1 aliphatic rings. The molecule has 1 amide bonds. The maximum Gasteiger partial charge on any atom is 0.224 e. The first-order valence-electron chi connectivity index (χ1n) is 9.85. The standard InChI is InChI=1S/C21H27FN4O2/c1-3-4-5-6-21(27)26-11-9-25(10-12-26)19-14-20(24-15-23-19)28-18-13-16(2)7-8-17(18)22/h7-8,13-15H,3-6,9-12H2,1-2H3. The van der Waals surface area contributed by atoms with E-state index in [0.717, 1.165) is 30.6 Å². The number of unbranched alkanes of at least 4 members (excludes halogenated alkanes) is 2. The fourth-order valence-corrected chi connectivity index (χ4v) is 3.23. The molecule has 1 fully saturated rings. The molecule has 0 atom stereocenters. The zero-order valence-electron chi connectivity index (χ0n) is 16.5. The third-order valence-corrected chi connectivity index (χ3v) is 4.88. The molecule has 0 saturated carbocycles. The number of anilines is 1. The summed E-state index contributed by atoms with van der Waals surface area (Å²) in [6.07, 6.45) is 5.21. The number of hydrogen-bond acceptors (Lipinski definition) is 5. The first-order valence-corrected chi connectivity index (χ1v) is 9.85. The molecule has 0 unspecified atom stereocenters. The highest BCUT2D eigenvalue weighted by atomic mass is 19.1. The fraction of sp³-hybridized carbons (Fsp3) is 0.476. The molecule has 6 nitrogen and oxygen atoms in total. The van der Waals surface area contributed by atoms with E-state index >= 15 is 0 Å². The van der Waals surface area contributed by atoms with Gasteiger partial charge in [0.1, 0.15) is 12.1 Å². The van der Waals surface area contributed by atoms with Crippen LogP contribution < -0.4 is 9.64 Å². The molecule has 28 heavy (non-hydrogen) atoms. The number of aryl methyl sites for hydroxylation is 1. The van der Waals surface area contributed by atoms with Crippen molar-refractivity contribution >= 4 is 11.7 Å². The van der Waals surface area contributed by atoms with E-state index in [0.29, 0.717) is 38.5 Å². The van der Waals surface area contributed by atoms with Crippen LogP contribution in [0.3, 0.4) is 0 Å². The van der Waals surface area contributed by atoms with Crippen LogP contribution in [0.15, 0.2) is 30.6 Å². The summed E-state index contributed by atoms with van der Waals surface area (Å²) in [5.74, 6) is 0.964. The smallest absolute Gasteiger partial charge is 0.224 e. The van der Waals surface area contributed by atoms with Gasteiger partial charge in [-0.15, -0.1) is 0 Å². The van der Waals surface area contributed by atoms with Gasteiger partial charge in [0.05, 0.1) is 0 Å². The third kappa shape index (κ3) is 5.18. The van der Waals surface area contributed by atoms with E-state index in [1.807, 2.05) is 11.8 Å². The first-order chi connectivity index (χ1) is 13.6. The maximum absolute atomic E-state index is 13.9. The van der Waals surface area contributed by atoms with Gasteiger partial charge in [0.2, 0.25) is 11.8 Å². The average molecular weight is 386 g/mol. The number of carbonyl (C=O) groups is 1. The maximum atomic E-state index is 13.9. The number of piperazine rings is 1. The van der Waals surface area contributed by atoms with E-state index in [-0.39, 0.29) is 11.7 Å². The van der Waals surface area contributed by atoms with Crippen LogP contribution in [-0.2, 0) is 4.79 Å². The second kappa shape index (κ2) is 9.48. The summed E-state index contributed by atoms with van der Waals surface area (Å²) in [6, 6.07) is 6.42. The molecule has 2 aromatic rings. The molecule has 1 aromatic carbocycles. The summed E-state index contributed by atoms with van der Waals surface area (Å²) in [7, 11) is 0. The van der Waals surface area contributed by atoms with Crippen molar-refractivity contribution in [2.45, 2.75) is 39.5 Å². The molecule has 7 heteroatoms. The summed E-state index contributed by atoms with van der Waals surface area (Å²) in [4.78, 5) is 24.7. The Hall–Kier alpha value is -2.70. The predicted octanol–water partition coefficient (Wildman–Crippen LogP) is 3.95. The number of nitrogens with zero attached hydrogens (tertiary/aromatic N) is 4. The van der Waals surface area contributed by atoms with Crippen molar-refractivity contribution in [1.29, 1.82) is 0 Å². The Labute approximate surface area is 165 Å². The van der Waals surface area contributed by atoms with Crippen LogP contribution in [0.25, 0.3) is 0 Å². The van der Waals surface area contributed by atoms with Crippen molar-refractivity contribution in [3.8, 4) is 11.6 Å². The van der Waals surface area contributed by atoms with Crippen molar-refractivity contribution in [2.24, 2.45) is 0 Å². The Morgan fingerprint density at radius 2 is 1.93 bits per heavy atom. The Kier molecular flexibility index (Phi) is 6.79. The van der Waals surface area contributed by atoms with Gasteiger partial charge in [-0.2, -0.15) is 0 Å². The van der Waals surface area contributed by atoms with Crippen LogP contribution in [0.5, 0.6) is 11.6 Å². The second-order valence-corrected chi connectivity index (χ2v) is 7.08. The molecule has 0 radical (unpaired) electrons. The zero-order chi connectivity index (χ0) is 19.9. The van der Waals surface area contributed by atoms with Gasteiger partial charge in [-0.1, -0.05) is 25.8 Å². The number of rotatable bonds is 7. The number of aromatic nitrogens is 2. The van der Waals surface area contributed by atoms with Crippen LogP contribution in [0.4, 0.5) is 10.2 Å². The number of amides is 1. The summed E-state index contributed by atoms with van der Waals surface area (Å²) in [5.41, 5.74) is 0.908. The van der Waals surface area contributed by atoms with E-state index in [2.05, 4.69) is 21.8 Å². The first kappa shape index (κ1) is 20.0. The minimum Gasteiger partial charge on any atom is -0.436 e. The van der Waals surface area contributed by atoms with Gasteiger partial charge in [0.25, 0.3) is 0 Å². The van der Waals surface area contributed by atoms with Crippen molar-refractivity contribution < 1.29 is 13.9 Å². The van der Waals surface area contributed by atoms with Crippen LogP contribution >= 0.6 is 0 Å². The van der Waals surface area contributed by atoms with Crippen molar-refractivity contribution in [2.75, 3.05) is 31.1 Å². The minimum absolute atomic E-state index is 0.146. The predicted molar refractivity (Wildman–Crippen MR) is 106 cm³/mol. The molecule has 3 rings (SSSR count). The lowest BCUT2D eigenvalue weighted by Gasteiger charge is -2.35. The van der Waals surface area contributed by atoms with Crippen LogP contribution in [0.2, 0.25) is 0 Å². The number of benzene rings is 1. The van der Waals surface area contributed by atoms with Crippen LogP contribution in [-0.4, -0.2) is 47.0 Å². The molecule has 1 saturated heterocycles. The third-order valence-electron chi connectivity index (χ3n) is 4.88. The lowest BCUT2D eigenvalue weighted by molar-refractivity contribution is -0.131. The van der Waals surface area contributed by atoms with Gasteiger partial charge in [0, 0.05) is 38.7 Å². The fourth-order valence-electron chi connectivity index (χ4n) is 3.23. The molecule has 2 heterocycles. The van der Waals surface area contributed by atoms with E-state index in [4.69, 9.17) is 4.74 Å². The van der Waals surface area contributed by atoms with Crippen molar-refractivity contribution in [3.63, 3.8) is 0 Å². The van der Waals surface area contributed by atoms with Crippen LogP contribution in [0, 0.1) is 12.7 Å². The molecule has 1 aromatic heterocycles. The lowest BCUT2D eigenvalue weighted by atomic mass is 10.2. The summed E-state index contributed by atoms with van der Waals surface area (Å²) in [5, 5.41) is 0. The van der Waals surface area contributed by atoms with Gasteiger partial charge < -0.3 is 14.5 Å². The van der Waals surface area contributed by atoms with E-state index in [9.17, 15) is 9.18 Å². The van der Waals surface area contributed by atoms with E-state index < -0.39 is 5.82 Å². The second-order valence-electron chi connectivity index (χ2n) is 7.08. The van der Waals surface area contributed by atoms with Crippen LogP contribution in [0.1, 0.15) is 38.2 Å². The van der Waals surface area contributed by atoms with Crippen molar-refractivity contribution in [3.05, 3.63) is 42.0 Å². The van der Waals surface area contributed by atoms with Gasteiger partial charge in [0.15, 0.2) is 11.6 Å². The molecule has 0 bridgehead atoms. The highest BCUT2D eigenvalue weighted by Crippen LogP contribution is 2.26. The van der Waals surface area contributed by atoms with Gasteiger partial charge in [-0.05, 0) is 31.0 Å². The van der Waals surface area contributed by atoms with Gasteiger partial charge in [-0.3, -0.25) is 4.79 Å². The van der Waals surface area contributed by atoms with Crippen molar-refractivity contribution in [1.82, 2.24) is 14.9 Å². The lowest BCUT2D eigenvalue weighted by Crippen LogP contribution is -2.49. The van der Waals surface area contributed by atoms with Gasteiger partial charge in [-0.25, -0.2) is 14.4 Å². The topological polar surface area (TPSA) is 58.6 Å². The molecular weight excluding hydrogens is 359 g/mol. The minimum atomic E-state index is -0.430. The Balaban J connectivity index is 1.59. The number of halogens is 1. The summed E-state index contributed by atoms with van der Waals surface area (Å²) in [6.45, 7) is 6.77. The van der Waals surface area contributed by atoms with E-state index in [1.54, 1.807) is 18.2 Å². The molecular formula is C21H27FN4O2. The molecule has 150 valence electrons. The summed E-state index contributed by atoms with van der Waals surface area (Å²) >= 11 is 0. The highest BCUT2D eigenvalue weighted by Gasteiger charge is 2.22. The summed E-state index contributed by atoms with van der Waals surface area (Å²) < 4.78 is 19.5. The largest absolute Gasteiger partial charge is 0.436 e. The Bertz CT molecular complexity index is 807. The number of carbonyl (C=O) groups excluding carboxylic acids is 1. The Morgan fingerprint density at radius 1 is 1.14 bits per heavy atom. The SMILES string of the molecule is CCCCCC(=O)N1CCN(c2cc(Oc3cc(C)ccc3F)ncn2)CC1. The molecule has 0 N–H and O–H groups in total. The monoisotopic (exact) mass is 386 g/mol. The quantitative estimate of drug-likeness (QED) is 0.675. The Morgan fingerprint density at radius 3 is 2.68 bits per heavy atom. The molecule has 1 aliphatic heterocycles. The number of hydrogen-bond donors (Lipinski definition) is 0. The molecule has 0 spiro atoms. The molecule has 0 aliphatic carbocycles. The average Bonchev–Trinajstić information content (AvgIpc) is 2.71. The number of ether oxygens (including phenoxy) is 1. The zero-order valence-corrected chi connectivity index (χ0v) is 16.5.